The van der Waals surface area contributed by atoms with Crippen molar-refractivity contribution in [3.05, 3.63) is 59.7 Å². The largest absolute Gasteiger partial charge is 0.493 e. The zero-order valence-corrected chi connectivity index (χ0v) is 15.5. The van der Waals surface area contributed by atoms with E-state index in [-0.39, 0.29) is 24.5 Å². The van der Waals surface area contributed by atoms with E-state index in [9.17, 15) is 13.5 Å². The highest BCUT2D eigenvalue weighted by atomic mass is 32.2. The third-order valence-electron chi connectivity index (χ3n) is 5.51. The quantitative estimate of drug-likeness (QED) is 0.891. The highest BCUT2D eigenvalue weighted by molar-refractivity contribution is 7.90. The van der Waals surface area contributed by atoms with Crippen molar-refractivity contribution in [1.82, 2.24) is 4.90 Å². The Labute approximate surface area is 154 Å². The number of aliphatic hydroxyl groups excluding tert-OH is 1. The lowest BCUT2D eigenvalue weighted by atomic mass is 9.86. The van der Waals surface area contributed by atoms with Crippen molar-refractivity contribution in [2.24, 2.45) is 11.8 Å². The minimum atomic E-state index is -3.18. The van der Waals surface area contributed by atoms with Gasteiger partial charge < -0.3 is 9.84 Å². The van der Waals surface area contributed by atoms with Gasteiger partial charge in [0.1, 0.15) is 5.75 Å². The van der Waals surface area contributed by atoms with Crippen LogP contribution in [0.3, 0.4) is 0 Å². The van der Waals surface area contributed by atoms with E-state index in [2.05, 4.69) is 11.0 Å². The molecule has 26 heavy (non-hydrogen) atoms. The van der Waals surface area contributed by atoms with E-state index < -0.39 is 9.84 Å². The number of rotatable bonds is 4. The maximum absolute atomic E-state index is 11.6. The summed E-state index contributed by atoms with van der Waals surface area (Å²) in [5.41, 5.74) is 2.24. The fourth-order valence-corrected chi connectivity index (χ4v) is 4.84. The molecule has 0 unspecified atom stereocenters. The molecule has 4 rings (SSSR count). The van der Waals surface area contributed by atoms with Crippen LogP contribution in [-0.4, -0.2) is 44.4 Å². The monoisotopic (exact) mass is 373 g/mol. The minimum absolute atomic E-state index is 0.149. The lowest BCUT2D eigenvalue weighted by Gasteiger charge is -2.34. The number of nitrogens with zero attached hydrogens (tertiary/aromatic N) is 1. The van der Waals surface area contributed by atoms with Crippen LogP contribution in [0.25, 0.3) is 0 Å². The van der Waals surface area contributed by atoms with Crippen molar-refractivity contribution in [2.45, 2.75) is 17.5 Å². The van der Waals surface area contributed by atoms with Gasteiger partial charge in [-0.1, -0.05) is 30.3 Å². The zero-order chi connectivity index (χ0) is 18.3. The summed E-state index contributed by atoms with van der Waals surface area (Å²) in [4.78, 5) is 2.72. The van der Waals surface area contributed by atoms with Gasteiger partial charge in [-0.2, -0.15) is 0 Å². The Morgan fingerprint density at radius 3 is 2.58 bits per heavy atom. The average molecular weight is 373 g/mol. The van der Waals surface area contributed by atoms with Gasteiger partial charge in [0.2, 0.25) is 0 Å². The molecule has 1 N–H and O–H groups in total. The van der Waals surface area contributed by atoms with E-state index in [0.29, 0.717) is 11.5 Å². The molecule has 0 amide bonds. The van der Waals surface area contributed by atoms with Crippen LogP contribution >= 0.6 is 0 Å². The van der Waals surface area contributed by atoms with Crippen molar-refractivity contribution in [3.63, 3.8) is 0 Å². The third kappa shape index (κ3) is 3.13. The van der Waals surface area contributed by atoms with Crippen LogP contribution in [0.1, 0.15) is 17.2 Å². The van der Waals surface area contributed by atoms with Crippen LogP contribution in [0.5, 0.6) is 5.75 Å². The fraction of sp³-hybridized carbons (Fsp3) is 0.400. The Balaban J connectivity index is 1.62. The maximum Gasteiger partial charge on any atom is 0.175 e. The molecule has 0 spiro atoms. The summed E-state index contributed by atoms with van der Waals surface area (Å²) < 4.78 is 29.2. The highest BCUT2D eigenvalue weighted by Gasteiger charge is 2.45. The van der Waals surface area contributed by atoms with E-state index in [0.717, 1.165) is 24.4 Å². The molecule has 6 heteroatoms. The molecule has 2 aromatic carbocycles. The average Bonchev–Trinajstić information content (AvgIpc) is 2.99. The van der Waals surface area contributed by atoms with E-state index in [1.54, 1.807) is 12.1 Å². The van der Waals surface area contributed by atoms with Crippen LogP contribution in [0.15, 0.2) is 53.4 Å². The fourth-order valence-electron chi connectivity index (χ4n) is 4.21. The molecule has 1 fully saturated rings. The highest BCUT2D eigenvalue weighted by Crippen LogP contribution is 2.47. The summed E-state index contributed by atoms with van der Waals surface area (Å²) in [7, 11) is -3.18. The van der Waals surface area contributed by atoms with Crippen molar-refractivity contribution in [3.8, 4) is 5.75 Å². The SMILES string of the molecule is CS(=O)(=O)c1ccc(CN2C[C@@H](CO)[C@@H]3COc4ccccc4[C@@H]32)cc1. The van der Waals surface area contributed by atoms with Gasteiger partial charge in [0.05, 0.1) is 11.5 Å². The Morgan fingerprint density at radius 1 is 1.15 bits per heavy atom. The predicted octanol–water partition coefficient (Wildman–Crippen LogP) is 2.26. The molecule has 2 aromatic rings. The molecule has 0 radical (unpaired) electrons. The summed E-state index contributed by atoms with van der Waals surface area (Å²) in [6.45, 7) is 2.29. The van der Waals surface area contributed by atoms with Gasteiger partial charge in [-0.15, -0.1) is 0 Å². The second kappa shape index (κ2) is 6.68. The Morgan fingerprint density at radius 2 is 1.88 bits per heavy atom. The Bertz CT molecular complexity index is 894. The van der Waals surface area contributed by atoms with Gasteiger partial charge in [0.25, 0.3) is 0 Å². The molecule has 0 bridgehead atoms. The maximum atomic E-state index is 11.6. The third-order valence-corrected chi connectivity index (χ3v) is 6.64. The van der Waals surface area contributed by atoms with Crippen LogP contribution in [0, 0.1) is 11.8 Å². The number of hydrogen-bond acceptors (Lipinski definition) is 5. The molecular formula is C20H23NO4S. The molecule has 1 saturated heterocycles. The topological polar surface area (TPSA) is 66.8 Å². The summed E-state index contributed by atoms with van der Waals surface area (Å²) >= 11 is 0. The van der Waals surface area contributed by atoms with Crippen molar-refractivity contribution >= 4 is 9.84 Å². The minimum Gasteiger partial charge on any atom is -0.493 e. The van der Waals surface area contributed by atoms with E-state index >= 15 is 0 Å². The van der Waals surface area contributed by atoms with Gasteiger partial charge in [0.15, 0.2) is 9.84 Å². The molecule has 0 aliphatic carbocycles. The van der Waals surface area contributed by atoms with E-state index in [1.165, 1.54) is 11.8 Å². The number of benzene rings is 2. The van der Waals surface area contributed by atoms with Crippen LogP contribution in [0.2, 0.25) is 0 Å². The first kappa shape index (κ1) is 17.5. The number of likely N-dealkylation sites (tertiary alicyclic amines) is 1. The lowest BCUT2D eigenvalue weighted by Crippen LogP contribution is -2.31. The molecule has 2 aliphatic heterocycles. The van der Waals surface area contributed by atoms with E-state index in [1.807, 2.05) is 30.3 Å². The normalized spacial score (nSPS) is 25.4. The van der Waals surface area contributed by atoms with Crippen molar-refractivity contribution in [1.29, 1.82) is 0 Å². The number of sulfone groups is 1. The standard InChI is InChI=1S/C20H23NO4S/c1-26(23,24)16-8-6-14(7-9-16)10-21-11-15(12-22)18-13-25-19-5-3-2-4-17(19)20(18)21/h2-9,15,18,20,22H,10-13H2,1H3/t15-,18-,20-/m0/s1. The number of para-hydroxylation sites is 1. The summed E-state index contributed by atoms with van der Waals surface area (Å²) in [6, 6.07) is 15.4. The first-order chi connectivity index (χ1) is 12.5. The smallest absolute Gasteiger partial charge is 0.175 e. The summed E-state index contributed by atoms with van der Waals surface area (Å²) in [6.07, 6.45) is 1.22. The lowest BCUT2D eigenvalue weighted by molar-refractivity contribution is 0.118. The second-order valence-electron chi connectivity index (χ2n) is 7.25. The molecule has 138 valence electrons. The summed E-state index contributed by atoms with van der Waals surface area (Å²) in [5, 5.41) is 9.81. The molecular weight excluding hydrogens is 350 g/mol. The van der Waals surface area contributed by atoms with Crippen LogP contribution in [0.4, 0.5) is 0 Å². The van der Waals surface area contributed by atoms with Gasteiger partial charge in [0, 0.05) is 49.4 Å². The van der Waals surface area contributed by atoms with Crippen LogP contribution in [-0.2, 0) is 16.4 Å². The number of aliphatic hydroxyl groups is 1. The summed E-state index contributed by atoms with van der Waals surface area (Å²) in [5.74, 6) is 1.37. The second-order valence-corrected chi connectivity index (χ2v) is 9.26. The van der Waals surface area contributed by atoms with E-state index in [4.69, 9.17) is 4.74 Å². The molecule has 3 atom stereocenters. The Kier molecular flexibility index (Phi) is 4.50. The Hall–Kier alpha value is -1.89. The first-order valence-corrected chi connectivity index (χ1v) is 10.7. The molecule has 0 saturated carbocycles. The van der Waals surface area contributed by atoms with Gasteiger partial charge >= 0.3 is 0 Å². The molecule has 0 aromatic heterocycles. The number of hydrogen-bond donors (Lipinski definition) is 1. The molecule has 2 heterocycles. The van der Waals surface area contributed by atoms with Gasteiger partial charge in [-0.3, -0.25) is 4.90 Å². The van der Waals surface area contributed by atoms with Gasteiger partial charge in [-0.25, -0.2) is 8.42 Å². The van der Waals surface area contributed by atoms with Crippen molar-refractivity contribution in [2.75, 3.05) is 26.0 Å². The first-order valence-electron chi connectivity index (χ1n) is 8.83. The molecule has 2 aliphatic rings. The van der Waals surface area contributed by atoms with Crippen LogP contribution < -0.4 is 4.74 Å². The number of ether oxygens (including phenoxy) is 1. The molecule has 5 nitrogen and oxygen atoms in total. The number of fused-ring (bicyclic) bond motifs is 3. The van der Waals surface area contributed by atoms with Gasteiger partial charge in [-0.05, 0) is 23.8 Å². The predicted molar refractivity (Wildman–Crippen MR) is 98.7 cm³/mol. The van der Waals surface area contributed by atoms with Crippen molar-refractivity contribution < 1.29 is 18.3 Å². The zero-order valence-electron chi connectivity index (χ0n) is 14.7.